The fourth-order valence-corrected chi connectivity index (χ4v) is 2.80. The van der Waals surface area contributed by atoms with E-state index in [4.69, 9.17) is 4.42 Å². The summed E-state index contributed by atoms with van der Waals surface area (Å²) < 4.78 is 44.0. The van der Waals surface area contributed by atoms with Crippen LogP contribution in [0.4, 0.5) is 18.9 Å². The van der Waals surface area contributed by atoms with Crippen molar-refractivity contribution in [1.29, 1.82) is 0 Å². The third kappa shape index (κ3) is 4.20. The highest BCUT2D eigenvalue weighted by molar-refractivity contribution is 7.13. The number of carbonyl (C=O) groups is 1. The number of aromatic nitrogens is 2. The third-order valence-corrected chi connectivity index (χ3v) is 4.22. The molecule has 0 saturated carbocycles. The monoisotopic (exact) mass is 383 g/mol. The van der Waals surface area contributed by atoms with Gasteiger partial charge in [0.1, 0.15) is 0 Å². The van der Waals surface area contributed by atoms with E-state index in [9.17, 15) is 22.8 Å². The van der Waals surface area contributed by atoms with E-state index in [1.807, 2.05) is 0 Å². The third-order valence-electron chi connectivity index (χ3n) is 3.36. The molecule has 0 spiro atoms. The van der Waals surface area contributed by atoms with Crippen LogP contribution in [-0.4, -0.2) is 15.7 Å². The first-order chi connectivity index (χ1) is 12.3. The molecule has 0 bridgehead atoms. The van der Waals surface area contributed by atoms with Crippen LogP contribution in [0.5, 0.6) is 0 Å². The zero-order valence-electron chi connectivity index (χ0n) is 13.1. The molecule has 6 nitrogen and oxygen atoms in total. The van der Waals surface area contributed by atoms with E-state index in [0.717, 1.165) is 16.8 Å². The van der Waals surface area contributed by atoms with Gasteiger partial charge in [0.05, 0.1) is 17.0 Å². The minimum absolute atomic E-state index is 0.0246. The molecular weight excluding hydrogens is 371 g/mol. The number of carbonyl (C=O) groups excluding carboxylic acids is 1. The van der Waals surface area contributed by atoms with Gasteiger partial charge in [0.25, 0.3) is 5.89 Å². The average molecular weight is 383 g/mol. The average Bonchev–Trinajstić information content (AvgIpc) is 3.22. The quantitative estimate of drug-likeness (QED) is 0.730. The van der Waals surface area contributed by atoms with Crippen molar-refractivity contribution in [1.82, 2.24) is 9.78 Å². The number of benzene rings is 1. The van der Waals surface area contributed by atoms with Gasteiger partial charge in [-0.05, 0) is 29.6 Å². The molecule has 3 aromatic rings. The second-order valence-electron chi connectivity index (χ2n) is 5.25. The Hall–Kier alpha value is -2.88. The van der Waals surface area contributed by atoms with Crippen LogP contribution in [-0.2, 0) is 17.5 Å². The molecule has 26 heavy (non-hydrogen) atoms. The Balaban J connectivity index is 1.62. The molecule has 3 rings (SSSR count). The minimum atomic E-state index is -4.49. The summed E-state index contributed by atoms with van der Waals surface area (Å²) >= 11 is 1.35. The van der Waals surface area contributed by atoms with Crippen LogP contribution in [0.15, 0.2) is 51.0 Å². The Labute approximate surface area is 148 Å². The lowest BCUT2D eigenvalue weighted by molar-refractivity contribution is -0.137. The molecule has 2 heterocycles. The Kier molecular flexibility index (Phi) is 4.94. The highest BCUT2D eigenvalue weighted by Crippen LogP contribution is 2.30. The van der Waals surface area contributed by atoms with Crippen LogP contribution in [0.2, 0.25) is 0 Å². The first kappa shape index (κ1) is 17.9. The maximum absolute atomic E-state index is 12.7. The molecule has 0 aliphatic rings. The number of anilines is 1. The molecule has 1 N–H and O–H groups in total. The van der Waals surface area contributed by atoms with E-state index in [-0.39, 0.29) is 24.5 Å². The SMILES string of the molecule is O=C(CCn1nc(-c2cccs2)oc1=O)Nc1cccc(C(F)(F)F)c1. The lowest BCUT2D eigenvalue weighted by Gasteiger charge is -2.09. The maximum Gasteiger partial charge on any atom is 0.437 e. The molecule has 0 aliphatic heterocycles. The van der Waals surface area contributed by atoms with Crippen LogP contribution < -0.4 is 11.1 Å². The predicted octanol–water partition coefficient (Wildman–Crippen LogP) is 3.61. The summed E-state index contributed by atoms with van der Waals surface area (Å²) in [6, 6.07) is 7.83. The van der Waals surface area contributed by atoms with E-state index in [1.54, 1.807) is 17.5 Å². The van der Waals surface area contributed by atoms with Crippen LogP contribution in [0.3, 0.4) is 0 Å². The van der Waals surface area contributed by atoms with Crippen molar-refractivity contribution >= 4 is 22.9 Å². The molecule has 0 fully saturated rings. The number of hydrogen-bond donors (Lipinski definition) is 1. The molecule has 0 aliphatic carbocycles. The van der Waals surface area contributed by atoms with Crippen LogP contribution in [0.1, 0.15) is 12.0 Å². The smallest absolute Gasteiger partial charge is 0.387 e. The zero-order valence-corrected chi connectivity index (χ0v) is 13.9. The van der Waals surface area contributed by atoms with Gasteiger partial charge in [-0.25, -0.2) is 4.79 Å². The highest BCUT2D eigenvalue weighted by Gasteiger charge is 2.30. The first-order valence-corrected chi connectivity index (χ1v) is 8.30. The number of amides is 1. The molecule has 1 amide bonds. The molecule has 0 radical (unpaired) electrons. The van der Waals surface area contributed by atoms with Gasteiger partial charge in [0.15, 0.2) is 0 Å². The minimum Gasteiger partial charge on any atom is -0.387 e. The lowest BCUT2D eigenvalue weighted by atomic mass is 10.2. The largest absolute Gasteiger partial charge is 0.437 e. The summed E-state index contributed by atoms with van der Waals surface area (Å²) in [4.78, 5) is 24.3. The van der Waals surface area contributed by atoms with Gasteiger partial charge in [-0.1, -0.05) is 12.1 Å². The summed E-state index contributed by atoms with van der Waals surface area (Å²) in [7, 11) is 0. The van der Waals surface area contributed by atoms with Crippen LogP contribution >= 0.6 is 11.3 Å². The van der Waals surface area contributed by atoms with Gasteiger partial charge < -0.3 is 9.73 Å². The van der Waals surface area contributed by atoms with Crippen molar-refractivity contribution in [2.45, 2.75) is 19.1 Å². The number of thiophene rings is 1. The number of rotatable bonds is 5. The number of aryl methyl sites for hydroxylation is 1. The van der Waals surface area contributed by atoms with Gasteiger partial charge in [-0.3, -0.25) is 4.79 Å². The molecule has 2 aromatic heterocycles. The van der Waals surface area contributed by atoms with E-state index in [2.05, 4.69) is 10.4 Å². The highest BCUT2D eigenvalue weighted by atomic mass is 32.1. The van der Waals surface area contributed by atoms with E-state index in [0.29, 0.717) is 4.88 Å². The Morgan fingerprint density at radius 3 is 2.77 bits per heavy atom. The summed E-state index contributed by atoms with van der Waals surface area (Å²) in [6.45, 7) is -0.0570. The predicted molar refractivity (Wildman–Crippen MR) is 88.8 cm³/mol. The second kappa shape index (κ2) is 7.16. The number of hydrogen-bond acceptors (Lipinski definition) is 5. The summed E-state index contributed by atoms with van der Waals surface area (Å²) in [6.07, 6.45) is -4.64. The van der Waals surface area contributed by atoms with Crippen LogP contribution in [0.25, 0.3) is 10.8 Å². The number of nitrogens with zero attached hydrogens (tertiary/aromatic N) is 2. The first-order valence-electron chi connectivity index (χ1n) is 7.42. The van der Waals surface area contributed by atoms with E-state index < -0.39 is 23.4 Å². The number of alkyl halides is 3. The molecule has 0 saturated heterocycles. The zero-order chi connectivity index (χ0) is 18.7. The van der Waals surface area contributed by atoms with Crippen molar-refractivity contribution in [2.75, 3.05) is 5.32 Å². The summed E-state index contributed by atoms with van der Waals surface area (Å²) in [5, 5.41) is 8.17. The van der Waals surface area contributed by atoms with E-state index >= 15 is 0 Å². The molecule has 136 valence electrons. The topological polar surface area (TPSA) is 77.1 Å². The Morgan fingerprint density at radius 1 is 1.27 bits per heavy atom. The van der Waals surface area contributed by atoms with Gasteiger partial charge in [0.2, 0.25) is 5.91 Å². The van der Waals surface area contributed by atoms with E-state index in [1.165, 1.54) is 23.5 Å². The number of nitrogens with one attached hydrogen (secondary N) is 1. The molecule has 10 heteroatoms. The number of halogens is 3. The van der Waals surface area contributed by atoms with Crippen molar-refractivity contribution in [2.24, 2.45) is 0 Å². The normalized spacial score (nSPS) is 11.5. The fourth-order valence-electron chi connectivity index (χ4n) is 2.15. The van der Waals surface area contributed by atoms with Crippen molar-refractivity contribution in [3.05, 3.63) is 57.9 Å². The molecular formula is C16H12F3N3O3S. The van der Waals surface area contributed by atoms with Gasteiger partial charge in [-0.15, -0.1) is 16.4 Å². The van der Waals surface area contributed by atoms with Gasteiger partial charge >= 0.3 is 11.9 Å². The van der Waals surface area contributed by atoms with Gasteiger partial charge in [0, 0.05) is 12.1 Å². The van der Waals surface area contributed by atoms with Crippen molar-refractivity contribution in [3.8, 4) is 10.8 Å². The molecule has 0 unspecified atom stereocenters. The Morgan fingerprint density at radius 2 is 2.08 bits per heavy atom. The summed E-state index contributed by atoms with van der Waals surface area (Å²) in [5.74, 6) is -1.10. The second-order valence-corrected chi connectivity index (χ2v) is 6.20. The van der Waals surface area contributed by atoms with Crippen LogP contribution in [0, 0.1) is 0 Å². The molecule has 1 aromatic carbocycles. The Bertz CT molecular complexity index is 961. The standard InChI is InChI=1S/C16H12F3N3O3S/c17-16(18,19)10-3-1-4-11(9-10)20-13(23)6-7-22-15(24)25-14(21-22)12-5-2-8-26-12/h1-5,8-9H,6-7H2,(H,20,23). The lowest BCUT2D eigenvalue weighted by Crippen LogP contribution is -2.21. The van der Waals surface area contributed by atoms with Gasteiger partial charge in [-0.2, -0.15) is 17.9 Å². The summed E-state index contributed by atoms with van der Waals surface area (Å²) in [5.41, 5.74) is -0.833. The van der Waals surface area contributed by atoms with Crippen molar-refractivity contribution in [3.63, 3.8) is 0 Å². The maximum atomic E-state index is 12.7. The van der Waals surface area contributed by atoms with Crippen molar-refractivity contribution < 1.29 is 22.4 Å². The molecule has 0 atom stereocenters. The fraction of sp³-hybridized carbons (Fsp3) is 0.188.